The summed E-state index contributed by atoms with van der Waals surface area (Å²) in [4.78, 5) is 11.9. The van der Waals surface area contributed by atoms with Crippen molar-refractivity contribution >= 4 is 5.97 Å². The summed E-state index contributed by atoms with van der Waals surface area (Å²) in [5.74, 6) is 1.08. The van der Waals surface area contributed by atoms with Crippen LogP contribution >= 0.6 is 0 Å². The van der Waals surface area contributed by atoms with Gasteiger partial charge >= 0.3 is 5.97 Å². The van der Waals surface area contributed by atoms with Crippen molar-refractivity contribution in [2.45, 2.75) is 80.1 Å². The van der Waals surface area contributed by atoms with Gasteiger partial charge in [0, 0.05) is 0 Å². The number of hydrogen-bond acceptors (Lipinski definition) is 1. The van der Waals surface area contributed by atoms with Crippen LogP contribution in [0, 0.1) is 17.8 Å². The highest BCUT2D eigenvalue weighted by atomic mass is 16.4. The molecule has 1 aromatic carbocycles. The lowest BCUT2D eigenvalue weighted by Crippen LogP contribution is -2.11. The van der Waals surface area contributed by atoms with Gasteiger partial charge in [-0.1, -0.05) is 53.7 Å². The van der Waals surface area contributed by atoms with E-state index < -0.39 is 5.97 Å². The van der Waals surface area contributed by atoms with Crippen molar-refractivity contribution in [3.05, 3.63) is 34.4 Å². The van der Waals surface area contributed by atoms with Crippen LogP contribution in [0.4, 0.5) is 0 Å². The Bertz CT molecular complexity index is 494. The van der Waals surface area contributed by atoms with E-state index in [1.165, 1.54) is 5.56 Å². The molecule has 0 aliphatic rings. The molecule has 0 aromatic heterocycles. The van der Waals surface area contributed by atoms with E-state index in [1.54, 1.807) is 0 Å². The van der Waals surface area contributed by atoms with E-state index in [0.29, 0.717) is 23.3 Å². The quantitative estimate of drug-likeness (QED) is 0.558. The molecule has 0 fully saturated rings. The number of aromatic carboxylic acids is 1. The van der Waals surface area contributed by atoms with Crippen molar-refractivity contribution in [3.63, 3.8) is 0 Å². The van der Waals surface area contributed by atoms with E-state index in [1.807, 2.05) is 0 Å². The lowest BCUT2D eigenvalue weighted by atomic mass is 9.88. The zero-order chi connectivity index (χ0) is 18.3. The Morgan fingerprint density at radius 1 is 0.792 bits per heavy atom. The van der Waals surface area contributed by atoms with E-state index in [4.69, 9.17) is 0 Å². The van der Waals surface area contributed by atoms with E-state index in [9.17, 15) is 9.90 Å². The Balaban J connectivity index is 3.20. The molecule has 0 saturated heterocycles. The highest BCUT2D eigenvalue weighted by Gasteiger charge is 2.18. The largest absolute Gasteiger partial charge is 0.478 e. The van der Waals surface area contributed by atoms with E-state index in [-0.39, 0.29) is 0 Å². The number of aryl methyl sites for hydroxylation is 3. The molecule has 136 valence electrons. The van der Waals surface area contributed by atoms with Gasteiger partial charge in [-0.2, -0.15) is 0 Å². The molecule has 1 N–H and O–H groups in total. The van der Waals surface area contributed by atoms with Gasteiger partial charge in [0.15, 0.2) is 0 Å². The van der Waals surface area contributed by atoms with Gasteiger partial charge in [0.2, 0.25) is 0 Å². The number of hydrogen-bond donors (Lipinski definition) is 1. The van der Waals surface area contributed by atoms with Crippen molar-refractivity contribution in [2.75, 3.05) is 0 Å². The van der Waals surface area contributed by atoms with Crippen LogP contribution in [0.2, 0.25) is 0 Å². The van der Waals surface area contributed by atoms with Crippen LogP contribution in [0.3, 0.4) is 0 Å². The summed E-state index contributed by atoms with van der Waals surface area (Å²) in [6.07, 6.45) is 6.00. The third-order valence-corrected chi connectivity index (χ3v) is 4.57. The normalized spacial score (nSPS) is 11.7. The Hall–Kier alpha value is -1.31. The average Bonchev–Trinajstić information content (AvgIpc) is 2.47. The minimum Gasteiger partial charge on any atom is -0.478 e. The summed E-state index contributed by atoms with van der Waals surface area (Å²) in [5, 5.41) is 9.79. The smallest absolute Gasteiger partial charge is 0.336 e. The molecule has 0 unspecified atom stereocenters. The Labute approximate surface area is 148 Å². The molecule has 0 spiro atoms. The predicted molar refractivity (Wildman–Crippen MR) is 103 cm³/mol. The number of carbonyl (C=O) groups is 1. The fourth-order valence-electron chi connectivity index (χ4n) is 3.00. The van der Waals surface area contributed by atoms with Crippen molar-refractivity contribution in [1.82, 2.24) is 0 Å². The molecule has 0 atom stereocenters. The summed E-state index contributed by atoms with van der Waals surface area (Å²) in [6, 6.07) is 4.32. The first-order valence-electron chi connectivity index (χ1n) is 9.58. The minimum atomic E-state index is -0.761. The van der Waals surface area contributed by atoms with Gasteiger partial charge in [0.05, 0.1) is 5.56 Å². The van der Waals surface area contributed by atoms with Crippen molar-refractivity contribution in [3.8, 4) is 0 Å². The van der Waals surface area contributed by atoms with Gasteiger partial charge in [-0.25, -0.2) is 4.79 Å². The van der Waals surface area contributed by atoms with Crippen LogP contribution in [0.5, 0.6) is 0 Å². The molecule has 0 saturated carbocycles. The third-order valence-electron chi connectivity index (χ3n) is 4.57. The fourth-order valence-corrected chi connectivity index (χ4v) is 3.00. The molecular weight excluding hydrogens is 296 g/mol. The van der Waals surface area contributed by atoms with E-state index in [2.05, 4.69) is 53.7 Å². The van der Waals surface area contributed by atoms with Crippen LogP contribution in [0.25, 0.3) is 0 Å². The second-order valence-corrected chi connectivity index (χ2v) is 8.39. The summed E-state index contributed by atoms with van der Waals surface area (Å²) < 4.78 is 0. The van der Waals surface area contributed by atoms with Crippen molar-refractivity contribution < 1.29 is 9.90 Å². The number of benzene rings is 1. The minimum absolute atomic E-state index is 0.574. The zero-order valence-electron chi connectivity index (χ0n) is 16.5. The maximum absolute atomic E-state index is 11.9. The first-order chi connectivity index (χ1) is 11.2. The van der Waals surface area contributed by atoms with Gasteiger partial charge in [-0.15, -0.1) is 0 Å². The van der Waals surface area contributed by atoms with Gasteiger partial charge in [0.1, 0.15) is 0 Å². The summed E-state index contributed by atoms with van der Waals surface area (Å²) in [6.45, 7) is 13.3. The van der Waals surface area contributed by atoms with Gasteiger partial charge in [-0.3, -0.25) is 0 Å². The number of rotatable bonds is 10. The highest BCUT2D eigenvalue weighted by molar-refractivity contribution is 5.91. The van der Waals surface area contributed by atoms with Crippen LogP contribution in [-0.2, 0) is 19.3 Å². The molecule has 2 nitrogen and oxygen atoms in total. The van der Waals surface area contributed by atoms with Crippen molar-refractivity contribution in [2.24, 2.45) is 17.8 Å². The standard InChI is InChI=1S/C22H36O2/c1-15(2)7-10-18-13-19(11-8-16(3)4)21(22(23)24)20(14-18)12-9-17(5)6/h13-17H,7-12H2,1-6H3,(H,23,24). The van der Waals surface area contributed by atoms with E-state index in [0.717, 1.165) is 49.7 Å². The van der Waals surface area contributed by atoms with Crippen LogP contribution in [0.15, 0.2) is 12.1 Å². The number of carboxylic acids is 1. The van der Waals surface area contributed by atoms with Gasteiger partial charge in [-0.05, 0) is 73.0 Å². The first-order valence-corrected chi connectivity index (χ1v) is 9.58. The summed E-state index contributed by atoms with van der Waals surface area (Å²) in [5.41, 5.74) is 3.96. The lowest BCUT2D eigenvalue weighted by Gasteiger charge is -2.17. The van der Waals surface area contributed by atoms with Crippen LogP contribution in [-0.4, -0.2) is 11.1 Å². The average molecular weight is 333 g/mol. The molecule has 0 aliphatic heterocycles. The molecule has 0 aliphatic carbocycles. The van der Waals surface area contributed by atoms with Crippen molar-refractivity contribution in [1.29, 1.82) is 0 Å². The fraction of sp³-hybridized carbons (Fsp3) is 0.682. The molecule has 2 heteroatoms. The van der Waals surface area contributed by atoms with Gasteiger partial charge in [0.25, 0.3) is 0 Å². The summed E-state index contributed by atoms with van der Waals surface area (Å²) in [7, 11) is 0. The second kappa shape index (κ2) is 9.86. The third kappa shape index (κ3) is 7.07. The molecule has 1 rings (SSSR count). The highest BCUT2D eigenvalue weighted by Crippen LogP contribution is 2.25. The zero-order valence-corrected chi connectivity index (χ0v) is 16.5. The molecular formula is C22H36O2. The number of carboxylic acid groups (broad SMARTS) is 1. The first kappa shape index (κ1) is 20.7. The summed E-state index contributed by atoms with van der Waals surface area (Å²) >= 11 is 0. The maximum atomic E-state index is 11.9. The van der Waals surface area contributed by atoms with Gasteiger partial charge < -0.3 is 5.11 Å². The SMILES string of the molecule is CC(C)CCc1cc(CCC(C)C)c(C(=O)O)c(CCC(C)C)c1. The van der Waals surface area contributed by atoms with Crippen LogP contribution < -0.4 is 0 Å². The molecule has 0 amide bonds. The Morgan fingerprint density at radius 3 is 1.50 bits per heavy atom. The molecule has 24 heavy (non-hydrogen) atoms. The Morgan fingerprint density at radius 2 is 1.17 bits per heavy atom. The molecule has 0 radical (unpaired) electrons. The van der Waals surface area contributed by atoms with E-state index >= 15 is 0 Å². The lowest BCUT2D eigenvalue weighted by molar-refractivity contribution is 0.0694. The topological polar surface area (TPSA) is 37.3 Å². The molecule has 1 aromatic rings. The molecule has 0 bridgehead atoms. The molecule has 0 heterocycles. The van der Waals surface area contributed by atoms with Crippen LogP contribution in [0.1, 0.15) is 87.9 Å². The maximum Gasteiger partial charge on any atom is 0.336 e. The Kier molecular flexibility index (Phi) is 8.52. The monoisotopic (exact) mass is 332 g/mol. The second-order valence-electron chi connectivity index (χ2n) is 8.39. The predicted octanol–water partition coefficient (Wildman–Crippen LogP) is 6.15.